The van der Waals surface area contributed by atoms with Crippen LogP contribution < -0.4 is 5.32 Å². The minimum absolute atomic E-state index is 0.0637. The smallest absolute Gasteiger partial charge is 0.224 e. The molecule has 3 rings (SSSR count). The number of aromatic amines is 2. The molecule has 0 radical (unpaired) electrons. The highest BCUT2D eigenvalue weighted by atomic mass is 16.1. The molecule has 0 aliphatic carbocycles. The van der Waals surface area contributed by atoms with Gasteiger partial charge in [0.2, 0.25) is 5.91 Å². The number of carbonyl (C=O) groups excluding carboxylic acids is 1. The molecule has 108 valence electrons. The lowest BCUT2D eigenvalue weighted by atomic mass is 10.1. The van der Waals surface area contributed by atoms with Gasteiger partial charge < -0.3 is 15.3 Å². The van der Waals surface area contributed by atoms with Crippen molar-refractivity contribution in [3.05, 3.63) is 59.5 Å². The summed E-state index contributed by atoms with van der Waals surface area (Å²) in [6.45, 7) is 2.64. The maximum Gasteiger partial charge on any atom is 0.224 e. The highest BCUT2D eigenvalue weighted by molar-refractivity contribution is 5.83. The molecule has 0 aliphatic heterocycles. The molecule has 2 aromatic heterocycles. The second-order valence-electron chi connectivity index (χ2n) is 5.33. The number of rotatable bonds is 5. The summed E-state index contributed by atoms with van der Waals surface area (Å²) in [4.78, 5) is 18.2. The molecule has 2 heterocycles. The average Bonchev–Trinajstić information content (AvgIpc) is 3.06. The number of fused-ring (bicyclic) bond motifs is 1. The van der Waals surface area contributed by atoms with Gasteiger partial charge in [-0.1, -0.05) is 18.2 Å². The standard InChI is InChI=1S/C17H19N3O/c1-12-8-13(10-19-12)9-17(21)18-7-6-14-11-20-16-5-3-2-4-15(14)16/h2-5,8,10-11,19-20H,6-7,9H2,1H3,(H,18,21). The Labute approximate surface area is 123 Å². The summed E-state index contributed by atoms with van der Waals surface area (Å²) in [6, 6.07) is 10.2. The van der Waals surface area contributed by atoms with Crippen LogP contribution in [0.1, 0.15) is 16.8 Å². The van der Waals surface area contributed by atoms with E-state index in [4.69, 9.17) is 0 Å². The van der Waals surface area contributed by atoms with Crippen molar-refractivity contribution in [3.8, 4) is 0 Å². The minimum Gasteiger partial charge on any atom is -0.365 e. The third-order valence-electron chi connectivity index (χ3n) is 3.64. The molecule has 0 aliphatic rings. The summed E-state index contributed by atoms with van der Waals surface area (Å²) in [5.74, 6) is 0.0637. The molecule has 0 fully saturated rings. The van der Waals surface area contributed by atoms with Crippen LogP contribution in [0.4, 0.5) is 0 Å². The van der Waals surface area contributed by atoms with E-state index in [0.717, 1.165) is 23.2 Å². The van der Waals surface area contributed by atoms with Gasteiger partial charge in [-0.15, -0.1) is 0 Å². The van der Waals surface area contributed by atoms with Crippen molar-refractivity contribution in [2.24, 2.45) is 0 Å². The first-order valence-electron chi connectivity index (χ1n) is 7.18. The summed E-state index contributed by atoms with van der Waals surface area (Å²) < 4.78 is 0. The van der Waals surface area contributed by atoms with E-state index >= 15 is 0 Å². The zero-order valence-electron chi connectivity index (χ0n) is 12.1. The van der Waals surface area contributed by atoms with Gasteiger partial charge in [0, 0.05) is 35.5 Å². The average molecular weight is 281 g/mol. The maximum atomic E-state index is 11.9. The van der Waals surface area contributed by atoms with Crippen molar-refractivity contribution in [3.63, 3.8) is 0 Å². The maximum absolute atomic E-state index is 11.9. The molecule has 1 amide bonds. The number of nitrogens with one attached hydrogen (secondary N) is 3. The quantitative estimate of drug-likeness (QED) is 0.661. The van der Waals surface area contributed by atoms with Gasteiger partial charge in [0.05, 0.1) is 6.42 Å². The molecular weight excluding hydrogens is 262 g/mol. The monoisotopic (exact) mass is 281 g/mol. The van der Waals surface area contributed by atoms with Crippen molar-refractivity contribution in [2.45, 2.75) is 19.8 Å². The number of aromatic nitrogens is 2. The van der Waals surface area contributed by atoms with Crippen LogP contribution in [-0.4, -0.2) is 22.4 Å². The Morgan fingerprint density at radius 2 is 2.05 bits per heavy atom. The molecule has 21 heavy (non-hydrogen) atoms. The Kier molecular flexibility index (Phi) is 3.77. The minimum atomic E-state index is 0.0637. The number of amides is 1. The lowest BCUT2D eigenvalue weighted by Crippen LogP contribution is -2.27. The molecule has 0 atom stereocenters. The number of H-pyrrole nitrogens is 2. The van der Waals surface area contributed by atoms with Crippen molar-refractivity contribution in [2.75, 3.05) is 6.54 Å². The Morgan fingerprint density at radius 3 is 2.86 bits per heavy atom. The van der Waals surface area contributed by atoms with Gasteiger partial charge in [0.15, 0.2) is 0 Å². The second-order valence-corrected chi connectivity index (χ2v) is 5.33. The third-order valence-corrected chi connectivity index (χ3v) is 3.64. The normalized spacial score (nSPS) is 10.9. The Bertz CT molecular complexity index is 754. The van der Waals surface area contributed by atoms with Crippen LogP contribution in [0.5, 0.6) is 0 Å². The molecule has 1 aromatic carbocycles. The van der Waals surface area contributed by atoms with E-state index in [-0.39, 0.29) is 5.91 Å². The first kappa shape index (κ1) is 13.5. The molecule has 4 nitrogen and oxygen atoms in total. The summed E-state index contributed by atoms with van der Waals surface area (Å²) in [5.41, 5.74) is 4.48. The Morgan fingerprint density at radius 1 is 1.19 bits per heavy atom. The molecule has 3 aromatic rings. The summed E-state index contributed by atoms with van der Waals surface area (Å²) in [7, 11) is 0. The third kappa shape index (κ3) is 3.16. The van der Waals surface area contributed by atoms with Crippen molar-refractivity contribution in [1.82, 2.24) is 15.3 Å². The largest absolute Gasteiger partial charge is 0.365 e. The first-order chi connectivity index (χ1) is 10.2. The van der Waals surface area contributed by atoms with Crippen LogP contribution in [-0.2, 0) is 17.6 Å². The highest BCUT2D eigenvalue weighted by Gasteiger charge is 2.06. The highest BCUT2D eigenvalue weighted by Crippen LogP contribution is 2.17. The summed E-state index contributed by atoms with van der Waals surface area (Å²) in [6.07, 6.45) is 5.17. The first-order valence-corrected chi connectivity index (χ1v) is 7.18. The number of aryl methyl sites for hydroxylation is 1. The van der Waals surface area contributed by atoms with Gasteiger partial charge >= 0.3 is 0 Å². The van der Waals surface area contributed by atoms with E-state index in [1.165, 1.54) is 10.9 Å². The van der Waals surface area contributed by atoms with Gasteiger partial charge in [-0.3, -0.25) is 4.79 Å². The van der Waals surface area contributed by atoms with E-state index in [1.54, 1.807) is 0 Å². The Hall–Kier alpha value is -2.49. The lowest BCUT2D eigenvalue weighted by molar-refractivity contribution is -0.120. The fraction of sp³-hybridized carbons (Fsp3) is 0.235. The second kappa shape index (κ2) is 5.87. The molecule has 0 saturated carbocycles. The zero-order chi connectivity index (χ0) is 14.7. The zero-order valence-corrected chi connectivity index (χ0v) is 12.1. The van der Waals surface area contributed by atoms with E-state index in [0.29, 0.717) is 13.0 Å². The fourth-order valence-electron chi connectivity index (χ4n) is 2.59. The van der Waals surface area contributed by atoms with E-state index in [1.807, 2.05) is 37.5 Å². The van der Waals surface area contributed by atoms with Crippen LogP contribution >= 0.6 is 0 Å². The number of benzene rings is 1. The Balaban J connectivity index is 1.53. The molecule has 3 N–H and O–H groups in total. The molecule has 0 bridgehead atoms. The molecular formula is C17H19N3O. The molecule has 0 saturated heterocycles. The van der Waals surface area contributed by atoms with Gasteiger partial charge in [0.25, 0.3) is 0 Å². The van der Waals surface area contributed by atoms with E-state index < -0.39 is 0 Å². The topological polar surface area (TPSA) is 60.7 Å². The summed E-state index contributed by atoms with van der Waals surface area (Å²) >= 11 is 0. The van der Waals surface area contributed by atoms with Crippen LogP contribution in [0.25, 0.3) is 10.9 Å². The van der Waals surface area contributed by atoms with E-state index in [2.05, 4.69) is 27.4 Å². The number of carbonyl (C=O) groups is 1. The van der Waals surface area contributed by atoms with Gasteiger partial charge in [-0.2, -0.15) is 0 Å². The SMILES string of the molecule is Cc1cc(CC(=O)NCCc2c[nH]c3ccccc23)c[nH]1. The van der Waals surface area contributed by atoms with Crippen LogP contribution in [0.3, 0.4) is 0 Å². The van der Waals surface area contributed by atoms with Crippen LogP contribution in [0.2, 0.25) is 0 Å². The lowest BCUT2D eigenvalue weighted by Gasteiger charge is -2.04. The summed E-state index contributed by atoms with van der Waals surface area (Å²) in [5, 5.41) is 4.21. The van der Waals surface area contributed by atoms with Gasteiger partial charge in [-0.25, -0.2) is 0 Å². The number of hydrogen-bond donors (Lipinski definition) is 3. The number of hydrogen-bond acceptors (Lipinski definition) is 1. The molecule has 0 spiro atoms. The van der Waals surface area contributed by atoms with Crippen LogP contribution in [0, 0.1) is 6.92 Å². The van der Waals surface area contributed by atoms with Crippen molar-refractivity contribution < 1.29 is 4.79 Å². The number of para-hydroxylation sites is 1. The van der Waals surface area contributed by atoms with Gasteiger partial charge in [-0.05, 0) is 36.6 Å². The van der Waals surface area contributed by atoms with Crippen molar-refractivity contribution >= 4 is 16.8 Å². The van der Waals surface area contributed by atoms with Gasteiger partial charge in [0.1, 0.15) is 0 Å². The molecule has 0 unspecified atom stereocenters. The fourth-order valence-corrected chi connectivity index (χ4v) is 2.59. The van der Waals surface area contributed by atoms with E-state index in [9.17, 15) is 4.79 Å². The van der Waals surface area contributed by atoms with Crippen molar-refractivity contribution in [1.29, 1.82) is 0 Å². The predicted molar refractivity (Wildman–Crippen MR) is 84.2 cm³/mol. The molecule has 4 heteroatoms. The predicted octanol–water partition coefficient (Wildman–Crippen LogP) is 2.71. The van der Waals surface area contributed by atoms with Crippen LogP contribution in [0.15, 0.2) is 42.7 Å².